The number of benzene rings is 1. The van der Waals surface area contributed by atoms with Gasteiger partial charge in [-0.2, -0.15) is 5.10 Å². The lowest BCUT2D eigenvalue weighted by molar-refractivity contribution is -0.386. The third kappa shape index (κ3) is 4.00. The monoisotopic (exact) mass is 369 g/mol. The minimum absolute atomic E-state index is 0.0802. The van der Waals surface area contributed by atoms with E-state index >= 15 is 0 Å². The van der Waals surface area contributed by atoms with Crippen LogP contribution in [0.3, 0.4) is 0 Å². The topological polar surface area (TPSA) is 121 Å². The van der Waals surface area contributed by atoms with Gasteiger partial charge >= 0.3 is 5.69 Å². The van der Waals surface area contributed by atoms with Crippen molar-refractivity contribution in [2.24, 2.45) is 0 Å². The first-order valence-electron chi connectivity index (χ1n) is 8.27. The van der Waals surface area contributed by atoms with Gasteiger partial charge in [0, 0.05) is 0 Å². The predicted octanol–water partition coefficient (Wildman–Crippen LogP) is 2.00. The Hall–Kier alpha value is -3.56. The van der Waals surface area contributed by atoms with Gasteiger partial charge in [-0.05, 0) is 31.9 Å². The summed E-state index contributed by atoms with van der Waals surface area (Å²) in [6.45, 7) is 5.49. The number of hydrogen-bond donors (Lipinski definition) is 1. The predicted molar refractivity (Wildman–Crippen MR) is 97.3 cm³/mol. The minimum atomic E-state index is -0.499. The van der Waals surface area contributed by atoms with Crippen molar-refractivity contribution in [2.75, 3.05) is 5.32 Å². The summed E-state index contributed by atoms with van der Waals surface area (Å²) in [6, 6.07) is 7.94. The molecule has 0 atom stereocenters. The number of anilines is 1. The highest BCUT2D eigenvalue weighted by molar-refractivity contribution is 5.88. The number of carbonyl (C=O) groups excluding carboxylic acids is 1. The molecule has 3 aromatic rings. The van der Waals surface area contributed by atoms with E-state index < -0.39 is 10.8 Å². The normalized spacial score (nSPS) is 10.8. The van der Waals surface area contributed by atoms with Crippen LogP contribution in [0.15, 0.2) is 30.6 Å². The van der Waals surface area contributed by atoms with E-state index in [1.165, 1.54) is 17.9 Å². The van der Waals surface area contributed by atoms with Gasteiger partial charge in [-0.1, -0.05) is 24.3 Å². The molecule has 0 saturated heterocycles. The van der Waals surface area contributed by atoms with Crippen molar-refractivity contribution in [1.29, 1.82) is 0 Å². The van der Waals surface area contributed by atoms with Gasteiger partial charge in [0.15, 0.2) is 0 Å². The second-order valence-electron chi connectivity index (χ2n) is 6.17. The molecule has 0 bridgehead atoms. The molecule has 1 N–H and O–H groups in total. The third-order valence-electron chi connectivity index (χ3n) is 4.20. The number of hydrogen-bond acceptors (Lipinski definition) is 6. The molecule has 0 aliphatic heterocycles. The number of carbonyl (C=O) groups is 1. The van der Waals surface area contributed by atoms with Gasteiger partial charge in [-0.25, -0.2) is 9.67 Å². The maximum atomic E-state index is 12.2. The summed E-state index contributed by atoms with van der Waals surface area (Å²) in [5.74, 6) is -0.242. The van der Waals surface area contributed by atoms with Crippen LogP contribution in [0.2, 0.25) is 0 Å². The summed E-state index contributed by atoms with van der Waals surface area (Å²) in [5, 5.41) is 21.9. The Balaban J connectivity index is 1.66. The molecular formula is C17H19N7O3. The van der Waals surface area contributed by atoms with Crippen molar-refractivity contribution in [3.8, 4) is 0 Å². The van der Waals surface area contributed by atoms with E-state index in [-0.39, 0.29) is 23.9 Å². The van der Waals surface area contributed by atoms with E-state index in [1.807, 2.05) is 31.2 Å². The van der Waals surface area contributed by atoms with E-state index in [2.05, 4.69) is 20.5 Å². The molecule has 0 aliphatic carbocycles. The standard InChI is InChI=1S/C17H19N7O3/c1-11-6-4-5-7-14(11)8-22-10-18-17(21-22)19-15(25)9-23-13(3)16(24(26)27)12(2)20-23/h4-7,10H,8-9H2,1-3H3,(H,19,21,25). The van der Waals surface area contributed by atoms with Crippen LogP contribution in [0.5, 0.6) is 0 Å². The molecule has 27 heavy (non-hydrogen) atoms. The molecule has 1 amide bonds. The number of nitro groups is 1. The molecule has 140 valence electrons. The number of nitrogens with one attached hydrogen (secondary N) is 1. The van der Waals surface area contributed by atoms with Crippen LogP contribution in [0.25, 0.3) is 0 Å². The molecule has 10 nitrogen and oxygen atoms in total. The molecular weight excluding hydrogens is 350 g/mol. The molecule has 0 saturated carbocycles. The van der Waals surface area contributed by atoms with E-state index in [0.29, 0.717) is 12.2 Å². The van der Waals surface area contributed by atoms with Gasteiger partial charge in [0.05, 0.1) is 11.5 Å². The highest BCUT2D eigenvalue weighted by atomic mass is 16.6. The van der Waals surface area contributed by atoms with Crippen molar-refractivity contribution < 1.29 is 9.72 Å². The zero-order valence-corrected chi connectivity index (χ0v) is 15.2. The lowest BCUT2D eigenvalue weighted by atomic mass is 10.1. The van der Waals surface area contributed by atoms with Gasteiger partial charge in [0.2, 0.25) is 11.9 Å². The second-order valence-corrected chi connectivity index (χ2v) is 6.17. The zero-order valence-electron chi connectivity index (χ0n) is 15.2. The Morgan fingerprint density at radius 2 is 1.96 bits per heavy atom. The van der Waals surface area contributed by atoms with Gasteiger partial charge in [0.1, 0.15) is 24.3 Å². The van der Waals surface area contributed by atoms with Crippen molar-refractivity contribution in [1.82, 2.24) is 24.5 Å². The zero-order chi connectivity index (χ0) is 19.6. The third-order valence-corrected chi connectivity index (χ3v) is 4.20. The minimum Gasteiger partial charge on any atom is -0.292 e. The fourth-order valence-electron chi connectivity index (χ4n) is 2.80. The number of aryl methyl sites for hydroxylation is 2. The second kappa shape index (κ2) is 7.36. The summed E-state index contributed by atoms with van der Waals surface area (Å²) in [6.07, 6.45) is 1.54. The van der Waals surface area contributed by atoms with Crippen molar-refractivity contribution in [2.45, 2.75) is 33.9 Å². The molecule has 1 aromatic carbocycles. The average molecular weight is 369 g/mol. The summed E-state index contributed by atoms with van der Waals surface area (Å²) in [4.78, 5) is 26.8. The number of nitrogens with zero attached hydrogens (tertiary/aromatic N) is 6. The van der Waals surface area contributed by atoms with Crippen LogP contribution in [-0.2, 0) is 17.9 Å². The summed E-state index contributed by atoms with van der Waals surface area (Å²) in [7, 11) is 0. The molecule has 0 unspecified atom stereocenters. The molecule has 0 radical (unpaired) electrons. The van der Waals surface area contributed by atoms with Gasteiger partial charge in [-0.15, -0.1) is 5.10 Å². The fraction of sp³-hybridized carbons (Fsp3) is 0.294. The Bertz CT molecular complexity index is 1010. The maximum absolute atomic E-state index is 12.2. The van der Waals surface area contributed by atoms with E-state index in [1.54, 1.807) is 11.6 Å². The first kappa shape index (κ1) is 18.2. The smallest absolute Gasteiger partial charge is 0.292 e. The summed E-state index contributed by atoms with van der Waals surface area (Å²) >= 11 is 0. The molecule has 0 aliphatic rings. The molecule has 10 heteroatoms. The quantitative estimate of drug-likeness (QED) is 0.524. The molecule has 2 aromatic heterocycles. The lowest BCUT2D eigenvalue weighted by Crippen LogP contribution is -2.21. The summed E-state index contributed by atoms with van der Waals surface area (Å²) < 4.78 is 2.93. The van der Waals surface area contributed by atoms with Crippen LogP contribution in [0.4, 0.5) is 11.6 Å². The van der Waals surface area contributed by atoms with Crippen LogP contribution in [-0.4, -0.2) is 35.4 Å². The molecule has 0 fully saturated rings. The number of aromatic nitrogens is 5. The Kier molecular flexibility index (Phi) is 4.97. The van der Waals surface area contributed by atoms with Gasteiger partial charge in [0.25, 0.3) is 0 Å². The number of amides is 1. The Labute approximate surface area is 155 Å². The van der Waals surface area contributed by atoms with E-state index in [0.717, 1.165) is 11.1 Å². The van der Waals surface area contributed by atoms with Crippen LogP contribution >= 0.6 is 0 Å². The summed E-state index contributed by atoms with van der Waals surface area (Å²) in [5.41, 5.74) is 2.76. The largest absolute Gasteiger partial charge is 0.312 e. The maximum Gasteiger partial charge on any atom is 0.312 e. The fourth-order valence-corrected chi connectivity index (χ4v) is 2.80. The first-order chi connectivity index (χ1) is 12.8. The van der Waals surface area contributed by atoms with E-state index in [9.17, 15) is 14.9 Å². The number of rotatable bonds is 6. The Morgan fingerprint density at radius 3 is 2.63 bits per heavy atom. The van der Waals surface area contributed by atoms with Crippen LogP contribution < -0.4 is 5.32 Å². The highest BCUT2D eigenvalue weighted by Crippen LogP contribution is 2.21. The highest BCUT2D eigenvalue weighted by Gasteiger charge is 2.23. The van der Waals surface area contributed by atoms with Gasteiger partial charge < -0.3 is 0 Å². The van der Waals surface area contributed by atoms with Crippen LogP contribution in [0.1, 0.15) is 22.5 Å². The molecule has 0 spiro atoms. The lowest BCUT2D eigenvalue weighted by Gasteiger charge is -2.05. The van der Waals surface area contributed by atoms with Crippen molar-refractivity contribution >= 4 is 17.5 Å². The van der Waals surface area contributed by atoms with Gasteiger partial charge in [-0.3, -0.25) is 24.9 Å². The van der Waals surface area contributed by atoms with Crippen LogP contribution in [0, 0.1) is 30.9 Å². The van der Waals surface area contributed by atoms with Crippen molar-refractivity contribution in [3.63, 3.8) is 0 Å². The molecule has 3 rings (SSSR count). The van der Waals surface area contributed by atoms with Crippen molar-refractivity contribution in [3.05, 3.63) is 63.2 Å². The molecule has 2 heterocycles. The Morgan fingerprint density at radius 1 is 1.22 bits per heavy atom. The SMILES string of the molecule is Cc1ccccc1Cn1cnc(NC(=O)Cn2nc(C)c([N+](=O)[O-])c2C)n1. The van der Waals surface area contributed by atoms with E-state index in [4.69, 9.17) is 0 Å². The first-order valence-corrected chi connectivity index (χ1v) is 8.27. The average Bonchev–Trinajstić information content (AvgIpc) is 3.13.